The van der Waals surface area contributed by atoms with Crippen molar-refractivity contribution in [2.24, 2.45) is 0 Å². The molecule has 62 valence electrons. The van der Waals surface area contributed by atoms with E-state index in [1.54, 1.807) is 18.5 Å². The maximum Gasteiger partial charge on any atom is 0.0601 e. The second-order valence-electron chi connectivity index (χ2n) is 2.13. The van der Waals surface area contributed by atoms with Crippen LogP contribution in [0, 0.1) is 11.8 Å². The van der Waals surface area contributed by atoms with Crippen molar-refractivity contribution in [3.8, 4) is 11.8 Å². The summed E-state index contributed by atoms with van der Waals surface area (Å²) in [4.78, 5) is 3.90. The lowest BCUT2D eigenvalue weighted by atomic mass is 10.3. The summed E-state index contributed by atoms with van der Waals surface area (Å²) in [5, 5.41) is 0.604. The minimum absolute atomic E-state index is 0.557. The van der Waals surface area contributed by atoms with Gasteiger partial charge in [0, 0.05) is 30.3 Å². The molecule has 0 unspecified atom stereocenters. The molecule has 0 N–H and O–H groups in total. The first-order chi connectivity index (χ1) is 5.83. The van der Waals surface area contributed by atoms with Gasteiger partial charge in [0.2, 0.25) is 0 Å². The lowest BCUT2D eigenvalue weighted by Gasteiger charge is -1.89. The molecule has 1 rings (SSSR count). The van der Waals surface area contributed by atoms with Crippen molar-refractivity contribution in [1.82, 2.24) is 4.98 Å². The first-order valence-electron chi connectivity index (χ1n) is 3.48. The van der Waals surface area contributed by atoms with Crippen molar-refractivity contribution in [2.75, 3.05) is 5.88 Å². The fourth-order valence-corrected chi connectivity index (χ4v) is 0.960. The minimum Gasteiger partial charge on any atom is -0.262 e. The number of nitrogens with zero attached hydrogens (tertiary/aromatic N) is 1. The van der Waals surface area contributed by atoms with Crippen LogP contribution in [0.1, 0.15) is 12.0 Å². The Labute approximate surface area is 81.7 Å². The molecule has 3 heteroatoms. The lowest BCUT2D eigenvalue weighted by Crippen LogP contribution is -1.77. The Balaban J connectivity index is 2.71. The second kappa shape index (κ2) is 5.03. The van der Waals surface area contributed by atoms with Crippen LogP contribution >= 0.6 is 23.2 Å². The van der Waals surface area contributed by atoms with Crippen molar-refractivity contribution in [3.05, 3.63) is 29.0 Å². The molecule has 0 radical (unpaired) electrons. The third kappa shape index (κ3) is 3.13. The molecule has 0 bridgehead atoms. The Morgan fingerprint density at radius 2 is 2.25 bits per heavy atom. The predicted octanol–water partition coefficient (Wildman–Crippen LogP) is 2.72. The molecule has 0 saturated carbocycles. The van der Waals surface area contributed by atoms with Gasteiger partial charge in [-0.3, -0.25) is 4.98 Å². The third-order valence-corrected chi connectivity index (χ3v) is 1.55. The van der Waals surface area contributed by atoms with E-state index in [4.69, 9.17) is 23.2 Å². The molecule has 1 aromatic heterocycles. The molecule has 1 aromatic rings. The van der Waals surface area contributed by atoms with Crippen LogP contribution in [0.4, 0.5) is 0 Å². The minimum atomic E-state index is 0.557. The number of hydrogen-bond acceptors (Lipinski definition) is 1. The van der Waals surface area contributed by atoms with Gasteiger partial charge in [-0.2, -0.15) is 0 Å². The van der Waals surface area contributed by atoms with E-state index >= 15 is 0 Å². The van der Waals surface area contributed by atoms with Crippen LogP contribution in [-0.4, -0.2) is 10.9 Å². The number of hydrogen-bond donors (Lipinski definition) is 0. The maximum absolute atomic E-state index is 5.70. The van der Waals surface area contributed by atoms with Crippen molar-refractivity contribution < 1.29 is 0 Å². The van der Waals surface area contributed by atoms with Crippen LogP contribution in [0.25, 0.3) is 0 Å². The molecule has 1 heterocycles. The summed E-state index contributed by atoms with van der Waals surface area (Å²) in [7, 11) is 0. The molecule has 0 aromatic carbocycles. The summed E-state index contributed by atoms with van der Waals surface area (Å²) in [6.07, 6.45) is 3.94. The van der Waals surface area contributed by atoms with Crippen LogP contribution in [-0.2, 0) is 0 Å². The van der Waals surface area contributed by atoms with Gasteiger partial charge in [0.1, 0.15) is 0 Å². The topological polar surface area (TPSA) is 12.9 Å². The zero-order valence-electron chi connectivity index (χ0n) is 6.35. The van der Waals surface area contributed by atoms with E-state index in [2.05, 4.69) is 16.8 Å². The smallest absolute Gasteiger partial charge is 0.0601 e. The van der Waals surface area contributed by atoms with Gasteiger partial charge in [-0.15, -0.1) is 11.6 Å². The monoisotopic (exact) mass is 199 g/mol. The van der Waals surface area contributed by atoms with E-state index in [1.807, 2.05) is 0 Å². The molecule has 0 fully saturated rings. The van der Waals surface area contributed by atoms with Gasteiger partial charge in [-0.05, 0) is 6.07 Å². The van der Waals surface area contributed by atoms with Crippen LogP contribution in [0.5, 0.6) is 0 Å². The number of halogens is 2. The van der Waals surface area contributed by atoms with Crippen LogP contribution in [0.15, 0.2) is 18.5 Å². The Kier molecular flexibility index (Phi) is 3.93. The van der Waals surface area contributed by atoms with E-state index in [1.165, 1.54) is 0 Å². The highest BCUT2D eigenvalue weighted by Gasteiger charge is 1.88. The van der Waals surface area contributed by atoms with Gasteiger partial charge >= 0.3 is 0 Å². The van der Waals surface area contributed by atoms with Gasteiger partial charge in [0.05, 0.1) is 5.02 Å². The average molecular weight is 200 g/mol. The SMILES string of the molecule is ClCCC#Cc1cncc(Cl)c1. The summed E-state index contributed by atoms with van der Waals surface area (Å²) in [6.45, 7) is 0. The van der Waals surface area contributed by atoms with Crippen molar-refractivity contribution in [2.45, 2.75) is 6.42 Å². The Morgan fingerprint density at radius 3 is 2.92 bits per heavy atom. The standard InChI is InChI=1S/C9H7Cl2N/c10-4-2-1-3-8-5-9(11)7-12-6-8/h5-7H,2,4H2. The van der Waals surface area contributed by atoms with Gasteiger partial charge in [-0.25, -0.2) is 0 Å². The largest absolute Gasteiger partial charge is 0.262 e. The van der Waals surface area contributed by atoms with Crippen molar-refractivity contribution in [1.29, 1.82) is 0 Å². The summed E-state index contributed by atoms with van der Waals surface area (Å²) < 4.78 is 0. The van der Waals surface area contributed by atoms with E-state index in [0.29, 0.717) is 17.3 Å². The lowest BCUT2D eigenvalue weighted by molar-refractivity contribution is 1.28. The molecule has 0 spiro atoms. The maximum atomic E-state index is 5.70. The quantitative estimate of drug-likeness (QED) is 0.501. The number of pyridine rings is 1. The van der Waals surface area contributed by atoms with E-state index in [-0.39, 0.29) is 0 Å². The summed E-state index contributed by atoms with van der Waals surface area (Å²) in [5.41, 5.74) is 0.826. The van der Waals surface area contributed by atoms with Gasteiger partial charge in [-0.1, -0.05) is 23.4 Å². The van der Waals surface area contributed by atoms with Crippen LogP contribution in [0.3, 0.4) is 0 Å². The van der Waals surface area contributed by atoms with Gasteiger partial charge < -0.3 is 0 Å². The molecule has 0 aliphatic carbocycles. The van der Waals surface area contributed by atoms with Gasteiger partial charge in [0.25, 0.3) is 0 Å². The molecule has 0 aliphatic heterocycles. The highest BCUT2D eigenvalue weighted by Crippen LogP contribution is 2.06. The molecule has 0 amide bonds. The number of aromatic nitrogens is 1. The molecule has 12 heavy (non-hydrogen) atoms. The fraction of sp³-hybridized carbons (Fsp3) is 0.222. The third-order valence-electron chi connectivity index (χ3n) is 1.16. The zero-order chi connectivity index (χ0) is 8.81. The Morgan fingerprint density at radius 1 is 1.42 bits per heavy atom. The highest BCUT2D eigenvalue weighted by molar-refractivity contribution is 6.30. The number of rotatable bonds is 1. The van der Waals surface area contributed by atoms with E-state index in [0.717, 1.165) is 5.56 Å². The summed E-state index contributed by atoms with van der Waals surface area (Å²) in [5.74, 6) is 6.36. The highest BCUT2D eigenvalue weighted by atomic mass is 35.5. The van der Waals surface area contributed by atoms with Crippen LogP contribution < -0.4 is 0 Å². The first-order valence-corrected chi connectivity index (χ1v) is 4.39. The number of alkyl halides is 1. The molecule has 0 saturated heterocycles. The summed E-state index contributed by atoms with van der Waals surface area (Å²) in [6, 6.07) is 1.77. The zero-order valence-corrected chi connectivity index (χ0v) is 7.86. The Bertz CT molecular complexity index is 312. The molecular formula is C9H7Cl2N. The van der Waals surface area contributed by atoms with Crippen molar-refractivity contribution in [3.63, 3.8) is 0 Å². The summed E-state index contributed by atoms with van der Waals surface area (Å²) >= 11 is 11.2. The molecule has 0 aliphatic rings. The molecular weight excluding hydrogens is 193 g/mol. The van der Waals surface area contributed by atoms with Crippen molar-refractivity contribution >= 4 is 23.2 Å². The predicted molar refractivity (Wildman–Crippen MR) is 51.5 cm³/mol. The van der Waals surface area contributed by atoms with E-state index in [9.17, 15) is 0 Å². The normalized spacial score (nSPS) is 8.83. The van der Waals surface area contributed by atoms with Gasteiger partial charge in [0.15, 0.2) is 0 Å². The second-order valence-corrected chi connectivity index (χ2v) is 2.95. The Hall–Kier alpha value is -0.710. The van der Waals surface area contributed by atoms with Crippen LogP contribution in [0.2, 0.25) is 5.02 Å². The van der Waals surface area contributed by atoms with E-state index < -0.39 is 0 Å². The fourth-order valence-electron chi connectivity index (χ4n) is 0.692. The molecule has 1 nitrogen and oxygen atoms in total. The molecule has 0 atom stereocenters. The average Bonchev–Trinajstić information content (AvgIpc) is 2.05. The first kappa shape index (κ1) is 9.38.